The van der Waals surface area contributed by atoms with Crippen molar-refractivity contribution in [2.45, 2.75) is 26.3 Å². The van der Waals surface area contributed by atoms with Gasteiger partial charge in [-0.05, 0) is 37.1 Å². The molecule has 0 radical (unpaired) electrons. The van der Waals surface area contributed by atoms with E-state index < -0.39 is 0 Å². The third kappa shape index (κ3) is 4.17. The zero-order valence-corrected chi connectivity index (χ0v) is 9.60. The monoisotopic (exact) mass is 219 g/mol. The van der Waals surface area contributed by atoms with Gasteiger partial charge >= 0.3 is 0 Å². The van der Waals surface area contributed by atoms with Gasteiger partial charge in [0.15, 0.2) is 0 Å². The van der Waals surface area contributed by atoms with Crippen LogP contribution in [0.15, 0.2) is 30.3 Å². The molecule has 16 heavy (non-hydrogen) atoms. The molecule has 1 unspecified atom stereocenters. The van der Waals surface area contributed by atoms with Gasteiger partial charge in [0.25, 0.3) is 0 Å². The molecule has 1 aromatic rings. The van der Waals surface area contributed by atoms with Crippen LogP contribution in [0.1, 0.15) is 25.8 Å². The number of rotatable bonds is 4. The Kier molecular flexibility index (Phi) is 4.58. The molecule has 0 aliphatic heterocycles. The van der Waals surface area contributed by atoms with Gasteiger partial charge in [-0.2, -0.15) is 0 Å². The normalized spacial score (nSPS) is 12.6. The van der Waals surface area contributed by atoms with Crippen LogP contribution < -0.4 is 5.32 Å². The van der Waals surface area contributed by atoms with E-state index in [-0.39, 0.29) is 17.7 Å². The van der Waals surface area contributed by atoms with Gasteiger partial charge in [0.05, 0.1) is 0 Å². The summed E-state index contributed by atoms with van der Waals surface area (Å²) in [7, 11) is 0. The number of amides is 1. The van der Waals surface area contributed by atoms with E-state index in [1.54, 1.807) is 30.3 Å². The summed E-state index contributed by atoms with van der Waals surface area (Å²) in [5.41, 5.74) is 0.886. The molecule has 0 spiro atoms. The molecule has 0 saturated heterocycles. The van der Waals surface area contributed by atoms with E-state index in [0.717, 1.165) is 12.0 Å². The molecule has 3 nitrogen and oxygen atoms in total. The van der Waals surface area contributed by atoms with E-state index in [4.69, 9.17) is 5.11 Å². The van der Waals surface area contributed by atoms with Gasteiger partial charge in [-0.1, -0.05) is 19.1 Å². The third-order valence-corrected chi connectivity index (χ3v) is 2.32. The van der Waals surface area contributed by atoms with Crippen molar-refractivity contribution in [2.75, 3.05) is 0 Å². The minimum atomic E-state index is -0.0950. The minimum Gasteiger partial charge on any atom is -0.508 e. The summed E-state index contributed by atoms with van der Waals surface area (Å²) in [5.74, 6) is 0.128. The maximum absolute atomic E-state index is 11.4. The molecule has 1 atom stereocenters. The van der Waals surface area contributed by atoms with E-state index in [9.17, 15) is 4.79 Å². The lowest BCUT2D eigenvalue weighted by molar-refractivity contribution is -0.117. The van der Waals surface area contributed by atoms with Crippen LogP contribution in [0.4, 0.5) is 0 Å². The average Bonchev–Trinajstić information content (AvgIpc) is 2.28. The van der Waals surface area contributed by atoms with Crippen molar-refractivity contribution in [3.05, 3.63) is 35.9 Å². The highest BCUT2D eigenvalue weighted by Gasteiger charge is 2.00. The second-order valence-corrected chi connectivity index (χ2v) is 3.74. The fourth-order valence-electron chi connectivity index (χ4n) is 1.15. The molecule has 3 heteroatoms. The molecule has 0 bridgehead atoms. The standard InChI is InChI=1S/C13H17NO2/c1-3-10(2)14-13(16)9-6-11-4-7-12(15)8-5-11/h4-10,15H,3H2,1-2H3,(H,14,16)/b9-6+. The smallest absolute Gasteiger partial charge is 0.244 e. The number of hydrogen-bond acceptors (Lipinski definition) is 2. The van der Waals surface area contributed by atoms with E-state index in [1.165, 1.54) is 6.08 Å². The summed E-state index contributed by atoms with van der Waals surface area (Å²) in [4.78, 5) is 11.4. The van der Waals surface area contributed by atoms with Crippen LogP contribution in [0.3, 0.4) is 0 Å². The van der Waals surface area contributed by atoms with Crippen molar-refractivity contribution in [1.29, 1.82) is 0 Å². The first kappa shape index (κ1) is 12.3. The Morgan fingerprint density at radius 2 is 2.06 bits per heavy atom. The van der Waals surface area contributed by atoms with Gasteiger partial charge < -0.3 is 10.4 Å². The average molecular weight is 219 g/mol. The van der Waals surface area contributed by atoms with Gasteiger partial charge in [0.2, 0.25) is 5.91 Å². The summed E-state index contributed by atoms with van der Waals surface area (Å²) < 4.78 is 0. The number of phenols is 1. The number of carbonyl (C=O) groups is 1. The molecule has 86 valence electrons. The number of aromatic hydroxyl groups is 1. The molecule has 2 N–H and O–H groups in total. The summed E-state index contributed by atoms with van der Waals surface area (Å²) in [6, 6.07) is 6.88. The molecule has 0 aliphatic rings. The van der Waals surface area contributed by atoms with Gasteiger partial charge in [-0.3, -0.25) is 4.79 Å². The van der Waals surface area contributed by atoms with Crippen molar-refractivity contribution >= 4 is 12.0 Å². The van der Waals surface area contributed by atoms with Crippen LogP contribution in [0.25, 0.3) is 6.08 Å². The zero-order chi connectivity index (χ0) is 12.0. The highest BCUT2D eigenvalue weighted by molar-refractivity contribution is 5.91. The minimum absolute atomic E-state index is 0.0950. The lowest BCUT2D eigenvalue weighted by atomic mass is 10.2. The molecule has 1 aromatic carbocycles. The zero-order valence-electron chi connectivity index (χ0n) is 9.60. The highest BCUT2D eigenvalue weighted by atomic mass is 16.3. The molecule has 1 amide bonds. The molecule has 0 heterocycles. The first-order valence-electron chi connectivity index (χ1n) is 5.39. The van der Waals surface area contributed by atoms with Crippen LogP contribution in [-0.2, 0) is 4.79 Å². The number of benzene rings is 1. The van der Waals surface area contributed by atoms with Crippen LogP contribution in [0, 0.1) is 0 Å². The van der Waals surface area contributed by atoms with E-state index in [2.05, 4.69) is 5.32 Å². The summed E-state index contributed by atoms with van der Waals surface area (Å²) >= 11 is 0. The fourth-order valence-corrected chi connectivity index (χ4v) is 1.15. The molecule has 0 saturated carbocycles. The maximum atomic E-state index is 11.4. The lowest BCUT2D eigenvalue weighted by Crippen LogP contribution is -2.30. The number of nitrogens with one attached hydrogen (secondary N) is 1. The Labute approximate surface area is 95.8 Å². The predicted molar refractivity (Wildman–Crippen MR) is 65.0 cm³/mol. The SMILES string of the molecule is CCC(C)NC(=O)/C=C/c1ccc(O)cc1. The molecular formula is C13H17NO2. The number of carbonyl (C=O) groups excluding carboxylic acids is 1. The Morgan fingerprint density at radius 1 is 1.44 bits per heavy atom. The van der Waals surface area contributed by atoms with Crippen molar-refractivity contribution in [3.63, 3.8) is 0 Å². The largest absolute Gasteiger partial charge is 0.508 e. The van der Waals surface area contributed by atoms with E-state index >= 15 is 0 Å². The van der Waals surface area contributed by atoms with Crippen molar-refractivity contribution in [2.24, 2.45) is 0 Å². The summed E-state index contributed by atoms with van der Waals surface area (Å²) in [5, 5.41) is 11.9. The van der Waals surface area contributed by atoms with Crippen molar-refractivity contribution in [1.82, 2.24) is 5.32 Å². The second-order valence-electron chi connectivity index (χ2n) is 3.74. The van der Waals surface area contributed by atoms with Gasteiger partial charge in [0, 0.05) is 12.1 Å². The fraction of sp³-hybridized carbons (Fsp3) is 0.308. The number of hydrogen-bond donors (Lipinski definition) is 2. The highest BCUT2D eigenvalue weighted by Crippen LogP contribution is 2.10. The van der Waals surface area contributed by atoms with Crippen LogP contribution in [-0.4, -0.2) is 17.1 Å². The molecule has 0 aromatic heterocycles. The lowest BCUT2D eigenvalue weighted by Gasteiger charge is -2.08. The quantitative estimate of drug-likeness (QED) is 0.763. The molecule has 1 rings (SSSR count). The van der Waals surface area contributed by atoms with Gasteiger partial charge in [-0.25, -0.2) is 0 Å². The maximum Gasteiger partial charge on any atom is 0.244 e. The second kappa shape index (κ2) is 5.95. The van der Waals surface area contributed by atoms with Crippen molar-refractivity contribution < 1.29 is 9.90 Å². The van der Waals surface area contributed by atoms with Crippen LogP contribution >= 0.6 is 0 Å². The van der Waals surface area contributed by atoms with Crippen LogP contribution in [0.2, 0.25) is 0 Å². The van der Waals surface area contributed by atoms with E-state index in [0.29, 0.717) is 0 Å². The van der Waals surface area contributed by atoms with Gasteiger partial charge in [-0.15, -0.1) is 0 Å². The first-order valence-corrected chi connectivity index (χ1v) is 5.39. The van der Waals surface area contributed by atoms with E-state index in [1.807, 2.05) is 13.8 Å². The molecular weight excluding hydrogens is 202 g/mol. The Morgan fingerprint density at radius 3 is 2.62 bits per heavy atom. The van der Waals surface area contributed by atoms with Gasteiger partial charge in [0.1, 0.15) is 5.75 Å². The number of phenolic OH excluding ortho intramolecular Hbond substituents is 1. The topological polar surface area (TPSA) is 49.3 Å². The molecule has 0 aliphatic carbocycles. The Bertz CT molecular complexity index is 368. The first-order chi connectivity index (χ1) is 7.61. The Balaban J connectivity index is 2.53. The van der Waals surface area contributed by atoms with Crippen LogP contribution in [0.5, 0.6) is 5.75 Å². The summed E-state index contributed by atoms with van der Waals surface area (Å²) in [6.07, 6.45) is 4.13. The van der Waals surface area contributed by atoms with Crippen molar-refractivity contribution in [3.8, 4) is 5.75 Å². The third-order valence-electron chi connectivity index (χ3n) is 2.32. The Hall–Kier alpha value is -1.77. The molecule has 0 fully saturated rings. The summed E-state index contributed by atoms with van der Waals surface area (Å²) in [6.45, 7) is 3.99. The predicted octanol–water partition coefficient (Wildman–Crippen LogP) is 2.32.